The van der Waals surface area contributed by atoms with E-state index in [4.69, 9.17) is 20.3 Å². The molecule has 0 amide bonds. The number of rotatable bonds is 8. The van der Waals surface area contributed by atoms with Crippen LogP contribution in [0, 0.1) is 0 Å². The molecule has 0 saturated carbocycles. The molecule has 0 saturated heterocycles. The second-order valence-corrected chi connectivity index (χ2v) is 4.53. The standard InChI is InChI=1S/C11H23NO4/c1-8(2)15-5-6-16-9(3)7-11(4,12)10(13)14/h8-9H,5-7,12H2,1-4H3,(H,13,14). The van der Waals surface area contributed by atoms with Gasteiger partial charge in [0.15, 0.2) is 0 Å². The Balaban J connectivity index is 3.74. The first-order valence-corrected chi connectivity index (χ1v) is 5.51. The topological polar surface area (TPSA) is 81.8 Å². The van der Waals surface area contributed by atoms with Crippen LogP contribution in [0.1, 0.15) is 34.1 Å². The maximum atomic E-state index is 10.8. The van der Waals surface area contributed by atoms with Crippen LogP contribution >= 0.6 is 0 Å². The number of hydrogen-bond donors (Lipinski definition) is 2. The molecule has 2 atom stereocenters. The van der Waals surface area contributed by atoms with Crippen LogP contribution < -0.4 is 5.73 Å². The van der Waals surface area contributed by atoms with Gasteiger partial charge in [0.05, 0.1) is 25.4 Å². The highest BCUT2D eigenvalue weighted by Crippen LogP contribution is 2.11. The summed E-state index contributed by atoms with van der Waals surface area (Å²) in [6.45, 7) is 8.16. The van der Waals surface area contributed by atoms with E-state index in [1.54, 1.807) is 0 Å². The van der Waals surface area contributed by atoms with Crippen molar-refractivity contribution in [1.82, 2.24) is 0 Å². The first-order chi connectivity index (χ1) is 7.25. The average Bonchev–Trinajstić information content (AvgIpc) is 2.11. The van der Waals surface area contributed by atoms with Gasteiger partial charge in [0.1, 0.15) is 5.54 Å². The number of hydrogen-bond acceptors (Lipinski definition) is 4. The Morgan fingerprint density at radius 2 is 1.81 bits per heavy atom. The third kappa shape index (κ3) is 6.76. The van der Waals surface area contributed by atoms with Crippen LogP contribution in [0.4, 0.5) is 0 Å². The highest BCUT2D eigenvalue weighted by atomic mass is 16.5. The SMILES string of the molecule is CC(C)OCCOC(C)CC(C)(N)C(=O)O. The van der Waals surface area contributed by atoms with Crippen LogP contribution in [0.5, 0.6) is 0 Å². The second-order valence-electron chi connectivity index (χ2n) is 4.53. The van der Waals surface area contributed by atoms with Crippen molar-refractivity contribution in [2.24, 2.45) is 5.73 Å². The number of aliphatic carboxylic acids is 1. The minimum absolute atomic E-state index is 0.178. The average molecular weight is 233 g/mol. The summed E-state index contributed by atoms with van der Waals surface area (Å²) in [5.41, 5.74) is 4.36. The summed E-state index contributed by atoms with van der Waals surface area (Å²) >= 11 is 0. The summed E-state index contributed by atoms with van der Waals surface area (Å²) in [5, 5.41) is 8.83. The van der Waals surface area contributed by atoms with Gasteiger partial charge in [-0.15, -0.1) is 0 Å². The lowest BCUT2D eigenvalue weighted by Gasteiger charge is -2.23. The van der Waals surface area contributed by atoms with E-state index in [9.17, 15) is 4.79 Å². The number of carboxylic acids is 1. The summed E-state index contributed by atoms with van der Waals surface area (Å²) in [4.78, 5) is 10.8. The van der Waals surface area contributed by atoms with Gasteiger partial charge in [0, 0.05) is 6.42 Å². The van der Waals surface area contributed by atoms with Gasteiger partial charge in [-0.25, -0.2) is 0 Å². The molecule has 0 aromatic rings. The molecular weight excluding hydrogens is 210 g/mol. The number of carboxylic acid groups (broad SMARTS) is 1. The van der Waals surface area contributed by atoms with E-state index in [1.807, 2.05) is 20.8 Å². The van der Waals surface area contributed by atoms with Gasteiger partial charge in [-0.1, -0.05) is 0 Å². The molecule has 5 heteroatoms. The summed E-state index contributed by atoms with van der Waals surface area (Å²) in [7, 11) is 0. The van der Waals surface area contributed by atoms with Gasteiger partial charge in [-0.3, -0.25) is 4.79 Å². The monoisotopic (exact) mass is 233 g/mol. The Morgan fingerprint density at radius 3 is 2.25 bits per heavy atom. The predicted octanol–water partition coefficient (Wildman–Crippen LogP) is 1.01. The van der Waals surface area contributed by atoms with Crippen LogP contribution in [-0.4, -0.2) is 42.0 Å². The van der Waals surface area contributed by atoms with E-state index in [1.165, 1.54) is 6.92 Å². The summed E-state index contributed by atoms with van der Waals surface area (Å²) in [5.74, 6) is -1.01. The van der Waals surface area contributed by atoms with E-state index < -0.39 is 11.5 Å². The maximum Gasteiger partial charge on any atom is 0.323 e. The molecule has 16 heavy (non-hydrogen) atoms. The van der Waals surface area contributed by atoms with Crippen molar-refractivity contribution in [3.05, 3.63) is 0 Å². The Hall–Kier alpha value is -0.650. The van der Waals surface area contributed by atoms with Gasteiger partial charge in [-0.2, -0.15) is 0 Å². The third-order valence-electron chi connectivity index (χ3n) is 2.14. The second kappa shape index (κ2) is 6.83. The van der Waals surface area contributed by atoms with E-state index in [0.717, 1.165) is 0 Å². The molecule has 0 heterocycles. The minimum Gasteiger partial charge on any atom is -0.480 e. The van der Waals surface area contributed by atoms with Crippen LogP contribution in [0.15, 0.2) is 0 Å². The molecule has 0 aromatic carbocycles. The van der Waals surface area contributed by atoms with Crippen LogP contribution in [-0.2, 0) is 14.3 Å². The summed E-state index contributed by atoms with van der Waals surface area (Å²) in [6.07, 6.45) is 0.267. The molecule has 0 aliphatic rings. The van der Waals surface area contributed by atoms with Crippen LogP contribution in [0.3, 0.4) is 0 Å². The van der Waals surface area contributed by atoms with E-state index >= 15 is 0 Å². The van der Waals surface area contributed by atoms with Gasteiger partial charge >= 0.3 is 5.97 Å². The summed E-state index contributed by atoms with van der Waals surface area (Å²) < 4.78 is 10.7. The molecule has 0 radical (unpaired) electrons. The van der Waals surface area contributed by atoms with Crippen molar-refractivity contribution in [2.75, 3.05) is 13.2 Å². The molecule has 0 rings (SSSR count). The Kier molecular flexibility index (Phi) is 6.55. The molecule has 0 aromatic heterocycles. The van der Waals surface area contributed by atoms with E-state index in [2.05, 4.69) is 0 Å². The Labute approximate surface area is 96.9 Å². The van der Waals surface area contributed by atoms with Crippen molar-refractivity contribution in [3.63, 3.8) is 0 Å². The lowest BCUT2D eigenvalue weighted by atomic mass is 9.96. The van der Waals surface area contributed by atoms with Crippen molar-refractivity contribution in [2.45, 2.75) is 51.9 Å². The lowest BCUT2D eigenvalue weighted by molar-refractivity contribution is -0.144. The highest BCUT2D eigenvalue weighted by molar-refractivity contribution is 5.77. The molecule has 0 fully saturated rings. The first-order valence-electron chi connectivity index (χ1n) is 5.51. The van der Waals surface area contributed by atoms with E-state index in [-0.39, 0.29) is 18.6 Å². The quantitative estimate of drug-likeness (QED) is 0.611. The smallest absolute Gasteiger partial charge is 0.323 e. The molecule has 2 unspecified atom stereocenters. The zero-order valence-corrected chi connectivity index (χ0v) is 10.5. The fourth-order valence-corrected chi connectivity index (χ4v) is 1.28. The molecule has 96 valence electrons. The fourth-order valence-electron chi connectivity index (χ4n) is 1.28. The Morgan fingerprint density at radius 1 is 1.31 bits per heavy atom. The van der Waals surface area contributed by atoms with Crippen molar-refractivity contribution < 1.29 is 19.4 Å². The number of nitrogens with two attached hydrogens (primary N) is 1. The fraction of sp³-hybridized carbons (Fsp3) is 0.909. The van der Waals surface area contributed by atoms with Crippen molar-refractivity contribution >= 4 is 5.97 Å². The lowest BCUT2D eigenvalue weighted by Crippen LogP contribution is -2.47. The largest absolute Gasteiger partial charge is 0.480 e. The van der Waals surface area contributed by atoms with Gasteiger partial charge in [-0.05, 0) is 27.7 Å². The highest BCUT2D eigenvalue weighted by Gasteiger charge is 2.30. The zero-order chi connectivity index (χ0) is 12.8. The molecule has 0 aliphatic heterocycles. The molecule has 3 N–H and O–H groups in total. The van der Waals surface area contributed by atoms with Gasteiger partial charge < -0.3 is 20.3 Å². The predicted molar refractivity (Wildman–Crippen MR) is 61.3 cm³/mol. The minimum atomic E-state index is -1.24. The maximum absolute atomic E-state index is 10.8. The molecule has 0 bridgehead atoms. The number of ether oxygens (including phenoxy) is 2. The van der Waals surface area contributed by atoms with Gasteiger partial charge in [0.2, 0.25) is 0 Å². The van der Waals surface area contributed by atoms with E-state index in [0.29, 0.717) is 13.2 Å². The van der Waals surface area contributed by atoms with Crippen LogP contribution in [0.25, 0.3) is 0 Å². The molecular formula is C11H23NO4. The number of carbonyl (C=O) groups is 1. The first kappa shape index (κ1) is 15.3. The Bertz CT molecular complexity index is 216. The van der Waals surface area contributed by atoms with Gasteiger partial charge in [0.25, 0.3) is 0 Å². The molecule has 5 nitrogen and oxygen atoms in total. The van der Waals surface area contributed by atoms with Crippen LogP contribution in [0.2, 0.25) is 0 Å². The molecule has 0 aliphatic carbocycles. The normalized spacial score (nSPS) is 17.1. The zero-order valence-electron chi connectivity index (χ0n) is 10.5. The van der Waals surface area contributed by atoms with Crippen molar-refractivity contribution in [1.29, 1.82) is 0 Å². The molecule has 0 spiro atoms. The third-order valence-corrected chi connectivity index (χ3v) is 2.14. The van der Waals surface area contributed by atoms with Crippen molar-refractivity contribution in [3.8, 4) is 0 Å². The summed E-state index contributed by atoms with van der Waals surface area (Å²) in [6, 6.07) is 0.